The Kier molecular flexibility index (Phi) is 2.26. The fraction of sp³-hybridized carbons (Fsp3) is 0.0769. The lowest BCUT2D eigenvalue weighted by molar-refractivity contribution is 0.295. The molecular weight excluding hydrogens is 284 g/mol. The number of halogens is 1. The van der Waals surface area contributed by atoms with Crippen molar-refractivity contribution in [3.63, 3.8) is 0 Å². The molecule has 2 aromatic carbocycles. The van der Waals surface area contributed by atoms with Crippen molar-refractivity contribution in [1.29, 1.82) is 0 Å². The van der Waals surface area contributed by atoms with Gasteiger partial charge in [0.25, 0.3) is 0 Å². The van der Waals surface area contributed by atoms with Crippen LogP contribution in [0.15, 0.2) is 36.4 Å². The van der Waals surface area contributed by atoms with E-state index in [1.807, 2.05) is 6.07 Å². The highest BCUT2D eigenvalue weighted by molar-refractivity contribution is 9.09. The third-order valence-corrected chi connectivity index (χ3v) is 3.45. The maximum Gasteiger partial charge on any atom is 0.179 e. The second-order valence-corrected chi connectivity index (χ2v) is 4.72. The summed E-state index contributed by atoms with van der Waals surface area (Å²) < 4.78 is 5.64. The third kappa shape index (κ3) is 1.65. The van der Waals surface area contributed by atoms with Crippen molar-refractivity contribution in [2.24, 2.45) is 0 Å². The molecule has 17 heavy (non-hydrogen) atoms. The normalized spacial score (nSPS) is 16.9. The highest BCUT2D eigenvalue weighted by atomic mass is 79.9. The standard InChI is InChI=1S/C13H9BrO3/c14-13-11-5-7(15)1-3-9(11)10-4-2-8(16)6-12(10)17-13/h1-6,13,15-16H. The van der Waals surface area contributed by atoms with Crippen molar-refractivity contribution >= 4 is 15.9 Å². The molecule has 0 radical (unpaired) electrons. The summed E-state index contributed by atoms with van der Waals surface area (Å²) in [5, 5.41) is 18.6. The lowest BCUT2D eigenvalue weighted by atomic mass is 9.97. The van der Waals surface area contributed by atoms with Crippen LogP contribution in [0.25, 0.3) is 11.1 Å². The smallest absolute Gasteiger partial charge is 0.179 e. The minimum atomic E-state index is -0.320. The van der Waals surface area contributed by atoms with Crippen LogP contribution in [0.1, 0.15) is 10.6 Å². The van der Waals surface area contributed by atoms with E-state index in [0.717, 1.165) is 16.7 Å². The highest BCUT2D eigenvalue weighted by Gasteiger charge is 2.24. The average Bonchev–Trinajstić information content (AvgIpc) is 2.29. The molecule has 1 aliphatic heterocycles. The molecule has 3 rings (SSSR count). The summed E-state index contributed by atoms with van der Waals surface area (Å²) in [6.45, 7) is 0. The number of rotatable bonds is 0. The zero-order valence-corrected chi connectivity index (χ0v) is 10.3. The number of phenols is 2. The number of hydrogen-bond donors (Lipinski definition) is 2. The summed E-state index contributed by atoms with van der Waals surface area (Å²) in [5.41, 5.74) is 2.78. The number of fused-ring (bicyclic) bond motifs is 3. The van der Waals surface area contributed by atoms with Gasteiger partial charge in [0.1, 0.15) is 17.2 Å². The van der Waals surface area contributed by atoms with Gasteiger partial charge in [0.15, 0.2) is 5.01 Å². The van der Waals surface area contributed by atoms with E-state index in [1.54, 1.807) is 30.3 Å². The van der Waals surface area contributed by atoms with E-state index in [-0.39, 0.29) is 16.5 Å². The minimum Gasteiger partial charge on any atom is -0.508 e. The van der Waals surface area contributed by atoms with Gasteiger partial charge in [0.05, 0.1) is 0 Å². The number of benzene rings is 2. The van der Waals surface area contributed by atoms with Gasteiger partial charge in [0, 0.05) is 17.2 Å². The molecule has 1 aliphatic rings. The van der Waals surface area contributed by atoms with Gasteiger partial charge in [0.2, 0.25) is 0 Å². The van der Waals surface area contributed by atoms with E-state index in [0.29, 0.717) is 5.75 Å². The van der Waals surface area contributed by atoms with Gasteiger partial charge >= 0.3 is 0 Å². The fourth-order valence-electron chi connectivity index (χ4n) is 1.99. The van der Waals surface area contributed by atoms with Crippen LogP contribution in [0.5, 0.6) is 17.2 Å². The first kappa shape index (κ1) is 10.5. The van der Waals surface area contributed by atoms with Crippen LogP contribution in [0.3, 0.4) is 0 Å². The number of aromatic hydroxyl groups is 2. The summed E-state index contributed by atoms with van der Waals surface area (Å²) >= 11 is 3.40. The second kappa shape index (κ2) is 3.67. The van der Waals surface area contributed by atoms with Crippen molar-refractivity contribution in [3.8, 4) is 28.4 Å². The Hall–Kier alpha value is -1.68. The van der Waals surface area contributed by atoms with Crippen LogP contribution in [0.2, 0.25) is 0 Å². The maximum atomic E-state index is 9.48. The van der Waals surface area contributed by atoms with Crippen molar-refractivity contribution < 1.29 is 14.9 Å². The molecule has 1 heterocycles. The molecule has 0 saturated heterocycles. The van der Waals surface area contributed by atoms with Gasteiger partial charge in [-0.15, -0.1) is 0 Å². The second-order valence-electron chi connectivity index (χ2n) is 3.89. The van der Waals surface area contributed by atoms with Crippen LogP contribution in [-0.4, -0.2) is 10.2 Å². The Morgan fingerprint density at radius 1 is 0.941 bits per heavy atom. The van der Waals surface area contributed by atoms with Crippen molar-refractivity contribution in [1.82, 2.24) is 0 Å². The maximum absolute atomic E-state index is 9.48. The van der Waals surface area contributed by atoms with E-state index >= 15 is 0 Å². The molecule has 0 bridgehead atoms. The largest absolute Gasteiger partial charge is 0.508 e. The third-order valence-electron chi connectivity index (χ3n) is 2.77. The lowest BCUT2D eigenvalue weighted by Gasteiger charge is -2.25. The van der Waals surface area contributed by atoms with Gasteiger partial charge < -0.3 is 14.9 Å². The molecule has 0 fully saturated rings. The fourth-order valence-corrected chi connectivity index (χ4v) is 2.57. The van der Waals surface area contributed by atoms with E-state index in [1.165, 1.54) is 0 Å². The predicted molar refractivity (Wildman–Crippen MR) is 67.5 cm³/mol. The van der Waals surface area contributed by atoms with E-state index in [4.69, 9.17) is 4.74 Å². The van der Waals surface area contributed by atoms with Gasteiger partial charge in [-0.1, -0.05) is 6.07 Å². The van der Waals surface area contributed by atoms with Gasteiger partial charge in [-0.25, -0.2) is 0 Å². The summed E-state index contributed by atoms with van der Waals surface area (Å²) in [6, 6.07) is 10.2. The van der Waals surface area contributed by atoms with Crippen molar-refractivity contribution in [3.05, 3.63) is 42.0 Å². The van der Waals surface area contributed by atoms with E-state index in [2.05, 4.69) is 15.9 Å². The first-order chi connectivity index (χ1) is 8.15. The Morgan fingerprint density at radius 2 is 1.59 bits per heavy atom. The van der Waals surface area contributed by atoms with Crippen molar-refractivity contribution in [2.45, 2.75) is 5.01 Å². The van der Waals surface area contributed by atoms with E-state index < -0.39 is 0 Å². The molecule has 0 spiro atoms. The molecule has 0 saturated carbocycles. The predicted octanol–water partition coefficient (Wildman–Crippen LogP) is 3.55. The zero-order chi connectivity index (χ0) is 12.0. The van der Waals surface area contributed by atoms with Crippen LogP contribution in [0, 0.1) is 0 Å². The first-order valence-corrected chi connectivity index (χ1v) is 6.04. The van der Waals surface area contributed by atoms with Gasteiger partial charge in [-0.2, -0.15) is 0 Å². The molecule has 86 valence electrons. The Bertz CT molecular complexity index is 595. The molecule has 0 amide bonds. The molecule has 2 N–H and O–H groups in total. The summed E-state index contributed by atoms with van der Waals surface area (Å²) in [4.78, 5) is 0. The first-order valence-electron chi connectivity index (χ1n) is 5.12. The average molecular weight is 293 g/mol. The lowest BCUT2D eigenvalue weighted by Crippen LogP contribution is -2.08. The molecular formula is C13H9BrO3. The Labute approximate surface area is 106 Å². The molecule has 1 atom stereocenters. The van der Waals surface area contributed by atoms with Crippen LogP contribution >= 0.6 is 15.9 Å². The molecule has 2 aromatic rings. The number of hydrogen-bond acceptors (Lipinski definition) is 3. The highest BCUT2D eigenvalue weighted by Crippen LogP contribution is 2.46. The number of phenolic OH excluding ortho intramolecular Hbond substituents is 2. The molecule has 0 aliphatic carbocycles. The molecule has 4 heteroatoms. The van der Waals surface area contributed by atoms with Crippen LogP contribution in [-0.2, 0) is 0 Å². The van der Waals surface area contributed by atoms with Crippen molar-refractivity contribution in [2.75, 3.05) is 0 Å². The summed E-state index contributed by atoms with van der Waals surface area (Å²) in [6.07, 6.45) is 0. The summed E-state index contributed by atoms with van der Waals surface area (Å²) in [5.74, 6) is 1.01. The monoisotopic (exact) mass is 292 g/mol. The molecule has 3 nitrogen and oxygen atoms in total. The summed E-state index contributed by atoms with van der Waals surface area (Å²) in [7, 11) is 0. The number of alkyl halides is 1. The zero-order valence-electron chi connectivity index (χ0n) is 8.72. The van der Waals surface area contributed by atoms with E-state index in [9.17, 15) is 10.2 Å². The topological polar surface area (TPSA) is 49.7 Å². The SMILES string of the molecule is Oc1ccc2c(c1)OC(Br)c1cc(O)ccc1-2. The molecule has 1 unspecified atom stereocenters. The van der Waals surface area contributed by atoms with Gasteiger partial charge in [-0.05, 0) is 45.8 Å². The Morgan fingerprint density at radius 3 is 2.35 bits per heavy atom. The van der Waals surface area contributed by atoms with Crippen LogP contribution in [0.4, 0.5) is 0 Å². The quantitative estimate of drug-likeness (QED) is 0.730. The van der Waals surface area contributed by atoms with Crippen LogP contribution < -0.4 is 4.74 Å². The van der Waals surface area contributed by atoms with Gasteiger partial charge in [-0.3, -0.25) is 0 Å². The minimum absolute atomic E-state index is 0.172. The number of ether oxygens (including phenoxy) is 1. The molecule has 0 aromatic heterocycles. The Balaban J connectivity index is 2.26.